The molecule has 1 aromatic carbocycles. The minimum atomic E-state index is -2.51. The summed E-state index contributed by atoms with van der Waals surface area (Å²) in [6.07, 6.45) is -0.718. The van der Waals surface area contributed by atoms with Crippen molar-refractivity contribution in [1.82, 2.24) is 0 Å². The molecule has 8 heteroatoms. The van der Waals surface area contributed by atoms with E-state index in [2.05, 4.69) is 20.8 Å². The van der Waals surface area contributed by atoms with Crippen LogP contribution >= 0.6 is 0 Å². The van der Waals surface area contributed by atoms with Gasteiger partial charge in [0.1, 0.15) is 5.75 Å². The van der Waals surface area contributed by atoms with Crippen LogP contribution < -0.4 is 4.74 Å². The van der Waals surface area contributed by atoms with Crippen molar-refractivity contribution in [2.75, 3.05) is 21.3 Å². The molecule has 1 rings (SSSR count). The maximum Gasteiger partial charge on any atom is 0.338 e. The van der Waals surface area contributed by atoms with Crippen LogP contribution in [0.3, 0.4) is 0 Å². The smallest absolute Gasteiger partial charge is 0.338 e. The molecule has 0 amide bonds. The molecule has 0 saturated carbocycles. The Hall–Kier alpha value is -3.16. The van der Waals surface area contributed by atoms with E-state index < -0.39 is 35.7 Å². The van der Waals surface area contributed by atoms with Crippen LogP contribution in [0.5, 0.6) is 5.75 Å². The average Bonchev–Trinajstić information content (AvgIpc) is 2.64. The Morgan fingerprint density at radius 2 is 1.32 bits per heavy atom. The average molecular weight is 350 g/mol. The number of rotatable bonds is 7. The molecule has 0 aliphatic rings. The summed E-state index contributed by atoms with van der Waals surface area (Å²) in [5.41, 5.74) is -2.82. The first kappa shape index (κ1) is 19.9. The van der Waals surface area contributed by atoms with E-state index in [0.29, 0.717) is 0 Å². The van der Waals surface area contributed by atoms with E-state index >= 15 is 0 Å². The van der Waals surface area contributed by atoms with Crippen LogP contribution in [0.1, 0.15) is 6.42 Å². The Bertz CT molecular complexity index is 636. The van der Waals surface area contributed by atoms with Gasteiger partial charge in [-0.1, -0.05) is 24.8 Å². The highest BCUT2D eigenvalue weighted by Crippen LogP contribution is 2.31. The maximum atomic E-state index is 12.1. The lowest BCUT2D eigenvalue weighted by Crippen LogP contribution is -2.49. The first-order valence-corrected chi connectivity index (χ1v) is 7.03. The molecule has 8 nitrogen and oxygen atoms in total. The molecule has 0 spiro atoms. The topological polar surface area (TPSA) is 105 Å². The molecule has 134 valence electrons. The second-order valence-corrected chi connectivity index (χ2v) is 4.86. The van der Waals surface area contributed by atoms with Crippen LogP contribution in [-0.2, 0) is 33.4 Å². The Morgan fingerprint density at radius 1 is 0.880 bits per heavy atom. The van der Waals surface area contributed by atoms with E-state index in [1.807, 2.05) is 0 Å². The number of para-hydroxylation sites is 1. The largest absolute Gasteiger partial charge is 0.468 e. The van der Waals surface area contributed by atoms with Crippen molar-refractivity contribution in [2.45, 2.75) is 6.42 Å². The molecule has 0 atom stereocenters. The van der Waals surface area contributed by atoms with Crippen LogP contribution in [0.15, 0.2) is 42.5 Å². The summed E-state index contributed by atoms with van der Waals surface area (Å²) in [5, 5.41) is 0. The summed E-state index contributed by atoms with van der Waals surface area (Å²) >= 11 is 0. The molecule has 0 bridgehead atoms. The lowest BCUT2D eigenvalue weighted by Gasteiger charge is -2.25. The summed E-state index contributed by atoms with van der Waals surface area (Å²) < 4.78 is 18.6. The number of hydrogen-bond donors (Lipinski definition) is 0. The van der Waals surface area contributed by atoms with Gasteiger partial charge in [0, 0.05) is 12.0 Å². The van der Waals surface area contributed by atoms with Gasteiger partial charge in [0.2, 0.25) is 0 Å². The second kappa shape index (κ2) is 8.62. The van der Waals surface area contributed by atoms with Gasteiger partial charge in [-0.15, -0.1) is 0 Å². The van der Waals surface area contributed by atoms with Crippen molar-refractivity contribution >= 4 is 23.9 Å². The lowest BCUT2D eigenvalue weighted by atomic mass is 9.81. The fourth-order valence-electron chi connectivity index (χ4n) is 2.05. The van der Waals surface area contributed by atoms with Crippen LogP contribution in [-0.4, -0.2) is 45.2 Å². The predicted octanol–water partition coefficient (Wildman–Crippen LogP) is 1.04. The van der Waals surface area contributed by atoms with E-state index in [1.54, 1.807) is 18.2 Å². The van der Waals surface area contributed by atoms with Crippen molar-refractivity contribution in [2.24, 2.45) is 5.41 Å². The highest BCUT2D eigenvalue weighted by Gasteiger charge is 2.57. The van der Waals surface area contributed by atoms with Crippen LogP contribution in [0.4, 0.5) is 0 Å². The molecule has 25 heavy (non-hydrogen) atoms. The monoisotopic (exact) mass is 350 g/mol. The number of carbonyl (C=O) groups excluding carboxylic acids is 4. The molecule has 0 aromatic heterocycles. The molecule has 0 radical (unpaired) electrons. The zero-order chi connectivity index (χ0) is 19.0. The Balaban J connectivity index is 3.13. The summed E-state index contributed by atoms with van der Waals surface area (Å²) in [7, 11) is 2.94. The Kier molecular flexibility index (Phi) is 6.86. The van der Waals surface area contributed by atoms with Crippen molar-refractivity contribution in [3.8, 4) is 5.75 Å². The molecule has 0 N–H and O–H groups in total. The van der Waals surface area contributed by atoms with Gasteiger partial charge in [0.05, 0.1) is 21.3 Å². The van der Waals surface area contributed by atoms with Crippen molar-refractivity contribution in [3.63, 3.8) is 0 Å². The zero-order valence-corrected chi connectivity index (χ0v) is 14.1. The minimum Gasteiger partial charge on any atom is -0.468 e. The number of esters is 4. The highest BCUT2D eigenvalue weighted by molar-refractivity contribution is 6.18. The Labute approximate surface area is 144 Å². The van der Waals surface area contributed by atoms with Gasteiger partial charge in [-0.05, 0) is 12.1 Å². The van der Waals surface area contributed by atoms with E-state index in [9.17, 15) is 19.2 Å². The lowest BCUT2D eigenvalue weighted by molar-refractivity contribution is -0.180. The fourth-order valence-corrected chi connectivity index (χ4v) is 2.05. The standard InChI is InChI=1S/C17H18O8/c1-11(13(18)25-12-8-6-5-7-9-12)10-17(14(19)22-2,15(20)23-3)16(21)24-4/h5-9H,1,10H2,2-4H3. The fraction of sp³-hybridized carbons (Fsp3) is 0.294. The molecule has 0 heterocycles. The van der Waals surface area contributed by atoms with E-state index in [1.165, 1.54) is 12.1 Å². The molecular formula is C17H18O8. The number of benzene rings is 1. The predicted molar refractivity (Wildman–Crippen MR) is 84.3 cm³/mol. The normalized spacial score (nSPS) is 10.4. The zero-order valence-electron chi connectivity index (χ0n) is 14.1. The third-order valence-corrected chi connectivity index (χ3v) is 3.32. The van der Waals surface area contributed by atoms with Gasteiger partial charge in [0.25, 0.3) is 5.41 Å². The van der Waals surface area contributed by atoms with Gasteiger partial charge >= 0.3 is 23.9 Å². The number of carbonyl (C=O) groups is 4. The molecule has 0 fully saturated rings. The number of hydrogen-bond acceptors (Lipinski definition) is 8. The van der Waals surface area contributed by atoms with E-state index in [0.717, 1.165) is 21.3 Å². The van der Waals surface area contributed by atoms with E-state index in [-0.39, 0.29) is 11.3 Å². The summed E-state index contributed by atoms with van der Waals surface area (Å²) in [6.45, 7) is 3.49. The third-order valence-electron chi connectivity index (χ3n) is 3.32. The second-order valence-electron chi connectivity index (χ2n) is 4.86. The maximum absolute atomic E-state index is 12.1. The quantitative estimate of drug-likeness (QED) is 0.236. The number of ether oxygens (including phenoxy) is 4. The van der Waals surface area contributed by atoms with Crippen LogP contribution in [0.2, 0.25) is 0 Å². The van der Waals surface area contributed by atoms with Crippen molar-refractivity contribution in [1.29, 1.82) is 0 Å². The van der Waals surface area contributed by atoms with Gasteiger partial charge in [-0.25, -0.2) is 4.79 Å². The molecule has 0 aliphatic carbocycles. The van der Waals surface area contributed by atoms with E-state index in [4.69, 9.17) is 4.74 Å². The first-order valence-electron chi connectivity index (χ1n) is 7.03. The summed E-state index contributed by atoms with van der Waals surface area (Å²) in [6, 6.07) is 8.07. The van der Waals surface area contributed by atoms with Gasteiger partial charge in [0.15, 0.2) is 0 Å². The minimum absolute atomic E-state index is 0.230. The van der Waals surface area contributed by atoms with Gasteiger partial charge < -0.3 is 18.9 Å². The first-order chi connectivity index (χ1) is 11.8. The Morgan fingerprint density at radius 3 is 1.72 bits per heavy atom. The molecule has 1 aromatic rings. The molecular weight excluding hydrogens is 332 g/mol. The van der Waals surface area contributed by atoms with Crippen LogP contribution in [0, 0.1) is 5.41 Å². The SMILES string of the molecule is C=C(CC(C(=O)OC)(C(=O)OC)C(=O)OC)C(=O)Oc1ccccc1. The number of methoxy groups -OCH3 is 3. The van der Waals surface area contributed by atoms with Crippen molar-refractivity contribution in [3.05, 3.63) is 42.5 Å². The highest BCUT2D eigenvalue weighted by atomic mass is 16.6. The summed E-state index contributed by atoms with van der Waals surface area (Å²) in [5.74, 6) is -4.40. The van der Waals surface area contributed by atoms with Gasteiger partial charge in [-0.2, -0.15) is 0 Å². The third kappa shape index (κ3) is 4.23. The van der Waals surface area contributed by atoms with Gasteiger partial charge in [-0.3, -0.25) is 14.4 Å². The summed E-state index contributed by atoms with van der Waals surface area (Å²) in [4.78, 5) is 48.5. The molecule has 0 saturated heterocycles. The molecule has 0 aliphatic heterocycles. The van der Waals surface area contributed by atoms with Crippen molar-refractivity contribution < 1.29 is 38.1 Å². The van der Waals surface area contributed by atoms with Crippen LogP contribution in [0.25, 0.3) is 0 Å². The molecule has 0 unspecified atom stereocenters.